The zero-order valence-corrected chi connectivity index (χ0v) is 18.4. The Hall–Kier alpha value is -3.35. The number of phenolic OH excluding ortho intramolecular Hbond substituents is 1. The number of amides is 1. The van der Waals surface area contributed by atoms with Gasteiger partial charge < -0.3 is 29.4 Å². The van der Waals surface area contributed by atoms with Crippen molar-refractivity contribution in [1.29, 1.82) is 0 Å². The smallest absolute Gasteiger partial charge is 0.252 e. The predicted octanol–water partition coefficient (Wildman–Crippen LogP) is 4.03. The third-order valence-electron chi connectivity index (χ3n) is 5.42. The van der Waals surface area contributed by atoms with Crippen molar-refractivity contribution in [2.45, 2.75) is 31.7 Å². The molecule has 1 amide bonds. The molecule has 2 aromatic carbocycles. The van der Waals surface area contributed by atoms with Crippen LogP contribution < -0.4 is 24.3 Å². The molecule has 7 heteroatoms. The first-order valence-corrected chi connectivity index (χ1v) is 10.2. The van der Waals surface area contributed by atoms with Crippen LogP contribution in [0.3, 0.4) is 0 Å². The van der Waals surface area contributed by atoms with Gasteiger partial charge in [-0.05, 0) is 54.3 Å². The molecule has 0 unspecified atom stereocenters. The summed E-state index contributed by atoms with van der Waals surface area (Å²) in [4.78, 5) is 13.3. The van der Waals surface area contributed by atoms with Crippen molar-refractivity contribution in [2.24, 2.45) is 0 Å². The molecule has 0 bridgehead atoms. The van der Waals surface area contributed by atoms with Crippen molar-refractivity contribution in [3.8, 4) is 28.7 Å². The fraction of sp³-hybridized carbons (Fsp3) is 0.375. The molecular weight excluding hydrogens is 398 g/mol. The van der Waals surface area contributed by atoms with Crippen LogP contribution in [0.15, 0.2) is 30.3 Å². The standard InChI is InChI=1S/C24H29NO6/c1-28-20-10-9-15(12-19(20)26)11-18(24(27)25-17-7-5-6-8-17)16-13-21(29-2)23(31-4)22(14-16)30-3/h9-14,17,26H,5-8H2,1-4H3,(H,25,27)/b18-11+. The average Bonchev–Trinajstić information content (AvgIpc) is 3.29. The van der Waals surface area contributed by atoms with E-state index in [9.17, 15) is 9.90 Å². The van der Waals surface area contributed by atoms with Gasteiger partial charge in [0.05, 0.1) is 28.4 Å². The highest BCUT2D eigenvalue weighted by Gasteiger charge is 2.23. The van der Waals surface area contributed by atoms with E-state index in [0.29, 0.717) is 39.7 Å². The molecule has 2 aromatic rings. The summed E-state index contributed by atoms with van der Waals surface area (Å²) < 4.78 is 21.4. The van der Waals surface area contributed by atoms with Gasteiger partial charge in [-0.15, -0.1) is 0 Å². The van der Waals surface area contributed by atoms with Gasteiger partial charge in [0.1, 0.15) is 0 Å². The van der Waals surface area contributed by atoms with Crippen LogP contribution in [0.5, 0.6) is 28.7 Å². The molecule has 0 saturated heterocycles. The zero-order chi connectivity index (χ0) is 22.4. The summed E-state index contributed by atoms with van der Waals surface area (Å²) in [6, 6.07) is 8.62. The maximum Gasteiger partial charge on any atom is 0.252 e. The quantitative estimate of drug-likeness (QED) is 0.489. The highest BCUT2D eigenvalue weighted by atomic mass is 16.5. The molecular formula is C24H29NO6. The van der Waals surface area contributed by atoms with Gasteiger partial charge in [0.25, 0.3) is 5.91 Å². The van der Waals surface area contributed by atoms with Gasteiger partial charge in [-0.3, -0.25) is 4.79 Å². The molecule has 0 spiro atoms. The molecule has 166 valence electrons. The molecule has 1 saturated carbocycles. The van der Waals surface area contributed by atoms with Crippen LogP contribution in [0.1, 0.15) is 36.8 Å². The minimum atomic E-state index is -0.198. The predicted molar refractivity (Wildman–Crippen MR) is 119 cm³/mol. The van der Waals surface area contributed by atoms with E-state index in [1.807, 2.05) is 0 Å². The number of aromatic hydroxyl groups is 1. The summed E-state index contributed by atoms with van der Waals surface area (Å²) in [5.74, 6) is 1.52. The third kappa shape index (κ3) is 5.05. The van der Waals surface area contributed by atoms with Gasteiger partial charge in [-0.1, -0.05) is 18.9 Å². The fourth-order valence-corrected chi connectivity index (χ4v) is 3.81. The maximum atomic E-state index is 13.3. The van der Waals surface area contributed by atoms with Crippen LogP contribution in [-0.2, 0) is 4.79 Å². The molecule has 1 aliphatic rings. The van der Waals surface area contributed by atoms with Crippen molar-refractivity contribution in [3.63, 3.8) is 0 Å². The summed E-state index contributed by atoms with van der Waals surface area (Å²) in [7, 11) is 6.08. The average molecular weight is 427 g/mol. The fourth-order valence-electron chi connectivity index (χ4n) is 3.81. The molecule has 1 aliphatic carbocycles. The van der Waals surface area contributed by atoms with Gasteiger partial charge in [-0.25, -0.2) is 0 Å². The minimum absolute atomic E-state index is 0.00306. The summed E-state index contributed by atoms with van der Waals surface area (Å²) in [5.41, 5.74) is 1.69. The topological polar surface area (TPSA) is 86.3 Å². The van der Waals surface area contributed by atoms with Crippen molar-refractivity contribution >= 4 is 17.6 Å². The second kappa shape index (κ2) is 10.1. The normalized spacial score (nSPS) is 14.3. The number of phenols is 1. The molecule has 0 aromatic heterocycles. The number of nitrogens with one attached hydrogen (secondary N) is 1. The maximum absolute atomic E-state index is 13.3. The number of benzene rings is 2. The number of rotatable bonds is 8. The number of methoxy groups -OCH3 is 4. The molecule has 3 rings (SSSR count). The Morgan fingerprint density at radius 3 is 2.06 bits per heavy atom. The molecule has 0 heterocycles. The van der Waals surface area contributed by atoms with E-state index in [4.69, 9.17) is 18.9 Å². The Labute approximate surface area is 182 Å². The highest BCUT2D eigenvalue weighted by Crippen LogP contribution is 2.40. The van der Waals surface area contributed by atoms with Crippen LogP contribution in [0, 0.1) is 0 Å². The van der Waals surface area contributed by atoms with Crippen molar-refractivity contribution in [2.75, 3.05) is 28.4 Å². The first-order chi connectivity index (χ1) is 15.0. The summed E-state index contributed by atoms with van der Waals surface area (Å²) in [5, 5.41) is 13.3. The molecule has 0 atom stereocenters. The molecule has 31 heavy (non-hydrogen) atoms. The molecule has 2 N–H and O–H groups in total. The second-order valence-electron chi connectivity index (χ2n) is 7.36. The lowest BCUT2D eigenvalue weighted by Gasteiger charge is -2.18. The molecule has 7 nitrogen and oxygen atoms in total. The number of carbonyl (C=O) groups excluding carboxylic acids is 1. The van der Waals surface area contributed by atoms with Crippen LogP contribution in [0.25, 0.3) is 11.6 Å². The van der Waals surface area contributed by atoms with E-state index in [1.165, 1.54) is 28.4 Å². The van der Waals surface area contributed by atoms with Crippen LogP contribution in [0.4, 0.5) is 0 Å². The lowest BCUT2D eigenvalue weighted by atomic mass is 10.00. The van der Waals surface area contributed by atoms with E-state index < -0.39 is 0 Å². The van der Waals surface area contributed by atoms with Gasteiger partial charge in [0, 0.05) is 11.6 Å². The summed E-state index contributed by atoms with van der Waals surface area (Å²) >= 11 is 0. The van der Waals surface area contributed by atoms with Crippen LogP contribution in [-0.4, -0.2) is 45.5 Å². The number of carbonyl (C=O) groups is 1. The van der Waals surface area contributed by atoms with E-state index in [-0.39, 0.29) is 17.7 Å². The minimum Gasteiger partial charge on any atom is -0.504 e. The summed E-state index contributed by atoms with van der Waals surface area (Å²) in [6.45, 7) is 0. The Kier molecular flexibility index (Phi) is 7.28. The van der Waals surface area contributed by atoms with Crippen molar-refractivity contribution in [3.05, 3.63) is 41.5 Å². The largest absolute Gasteiger partial charge is 0.504 e. The van der Waals surface area contributed by atoms with Gasteiger partial charge >= 0.3 is 0 Å². The Morgan fingerprint density at radius 1 is 0.935 bits per heavy atom. The first kappa shape index (κ1) is 22.3. The van der Waals surface area contributed by atoms with Gasteiger partial charge in [-0.2, -0.15) is 0 Å². The third-order valence-corrected chi connectivity index (χ3v) is 5.42. The highest BCUT2D eigenvalue weighted by molar-refractivity contribution is 6.24. The zero-order valence-electron chi connectivity index (χ0n) is 18.4. The Morgan fingerprint density at radius 2 is 1.55 bits per heavy atom. The van der Waals surface area contributed by atoms with E-state index in [1.54, 1.807) is 36.4 Å². The van der Waals surface area contributed by atoms with Crippen LogP contribution >= 0.6 is 0 Å². The number of ether oxygens (including phenoxy) is 4. The van der Waals surface area contributed by atoms with E-state index in [2.05, 4.69) is 5.32 Å². The first-order valence-electron chi connectivity index (χ1n) is 10.2. The Bertz CT molecular complexity index is 938. The van der Waals surface area contributed by atoms with E-state index >= 15 is 0 Å². The second-order valence-corrected chi connectivity index (χ2v) is 7.36. The molecule has 0 aliphatic heterocycles. The number of hydrogen-bond donors (Lipinski definition) is 2. The van der Waals surface area contributed by atoms with Gasteiger partial charge in [0.15, 0.2) is 23.0 Å². The molecule has 1 fully saturated rings. The lowest BCUT2D eigenvalue weighted by molar-refractivity contribution is -0.116. The van der Waals surface area contributed by atoms with E-state index in [0.717, 1.165) is 25.7 Å². The van der Waals surface area contributed by atoms with Crippen molar-refractivity contribution in [1.82, 2.24) is 5.32 Å². The monoisotopic (exact) mass is 427 g/mol. The SMILES string of the molecule is COc1ccc(/C=C(/C(=O)NC2CCCC2)c2cc(OC)c(OC)c(OC)c2)cc1O. The Balaban J connectivity index is 2.09. The lowest BCUT2D eigenvalue weighted by Crippen LogP contribution is -2.33. The van der Waals surface area contributed by atoms with Crippen LogP contribution in [0.2, 0.25) is 0 Å². The number of hydrogen-bond acceptors (Lipinski definition) is 6. The van der Waals surface area contributed by atoms with Gasteiger partial charge in [0.2, 0.25) is 5.75 Å². The molecule has 0 radical (unpaired) electrons. The van der Waals surface area contributed by atoms with Crippen molar-refractivity contribution < 1.29 is 28.8 Å². The summed E-state index contributed by atoms with van der Waals surface area (Å²) in [6.07, 6.45) is 5.89.